The molecule has 10 heteroatoms. The monoisotopic (exact) mass is 456 g/mol. The Morgan fingerprint density at radius 2 is 2.08 bits per heavy atom. The second-order valence-electron chi connectivity index (χ2n) is 5.70. The molecule has 0 bridgehead atoms. The standard InChI is InChI=1S/C14H25IN4O5/c1-23-14-13(22)12(21)11(20)10(24-14)8-19-9(7-17-18-19)3-2-5-16-6-4-15/h7,10-14,16,20-22H,2-6,8H2,1H3. The minimum Gasteiger partial charge on any atom is -0.388 e. The van der Waals surface area contributed by atoms with Gasteiger partial charge < -0.3 is 30.1 Å². The van der Waals surface area contributed by atoms with Crippen molar-refractivity contribution in [2.45, 2.75) is 50.1 Å². The Morgan fingerprint density at radius 1 is 1.29 bits per heavy atom. The van der Waals surface area contributed by atoms with Crippen LogP contribution in [0.4, 0.5) is 0 Å². The molecule has 1 aromatic rings. The van der Waals surface area contributed by atoms with Crippen molar-refractivity contribution in [2.75, 3.05) is 24.6 Å². The lowest BCUT2D eigenvalue weighted by Gasteiger charge is -2.39. The fraction of sp³-hybridized carbons (Fsp3) is 0.857. The highest BCUT2D eigenvalue weighted by molar-refractivity contribution is 14.1. The lowest BCUT2D eigenvalue weighted by molar-refractivity contribution is -0.292. The van der Waals surface area contributed by atoms with Crippen molar-refractivity contribution in [3.63, 3.8) is 0 Å². The average Bonchev–Trinajstić information content (AvgIpc) is 3.02. The van der Waals surface area contributed by atoms with Crippen LogP contribution in [0.1, 0.15) is 12.1 Å². The summed E-state index contributed by atoms with van der Waals surface area (Å²) >= 11 is 2.32. The van der Waals surface area contributed by atoms with Crippen LogP contribution in [0, 0.1) is 0 Å². The number of aliphatic hydroxyl groups excluding tert-OH is 3. The second kappa shape index (κ2) is 9.94. The lowest BCUT2D eigenvalue weighted by atomic mass is 9.99. The second-order valence-corrected chi connectivity index (χ2v) is 6.78. The molecule has 1 aliphatic rings. The number of aryl methyl sites for hydroxylation is 1. The highest BCUT2D eigenvalue weighted by Crippen LogP contribution is 2.23. The fourth-order valence-electron chi connectivity index (χ4n) is 2.65. The Balaban J connectivity index is 1.92. The molecule has 1 saturated heterocycles. The van der Waals surface area contributed by atoms with E-state index < -0.39 is 30.7 Å². The summed E-state index contributed by atoms with van der Waals surface area (Å²) in [6, 6.07) is 0. The van der Waals surface area contributed by atoms with E-state index in [2.05, 4.69) is 38.2 Å². The van der Waals surface area contributed by atoms with Crippen molar-refractivity contribution in [1.29, 1.82) is 0 Å². The topological polar surface area (TPSA) is 122 Å². The van der Waals surface area contributed by atoms with Crippen LogP contribution in [0.2, 0.25) is 0 Å². The van der Waals surface area contributed by atoms with E-state index in [0.29, 0.717) is 0 Å². The predicted octanol–water partition coefficient (Wildman–Crippen LogP) is -1.31. The van der Waals surface area contributed by atoms with Crippen LogP contribution in [0.25, 0.3) is 0 Å². The number of rotatable bonds is 9. The molecule has 0 saturated carbocycles. The molecular formula is C14H25IN4O5. The lowest BCUT2D eigenvalue weighted by Crippen LogP contribution is -2.59. The first-order valence-corrected chi connectivity index (χ1v) is 9.47. The molecule has 1 aliphatic heterocycles. The van der Waals surface area contributed by atoms with E-state index in [-0.39, 0.29) is 6.54 Å². The molecule has 9 nitrogen and oxygen atoms in total. The third kappa shape index (κ3) is 5.07. The number of hydrogen-bond acceptors (Lipinski definition) is 8. The van der Waals surface area contributed by atoms with Gasteiger partial charge in [0.2, 0.25) is 0 Å². The molecule has 0 aromatic carbocycles. The molecule has 0 radical (unpaired) electrons. The molecule has 0 spiro atoms. The molecule has 2 rings (SSSR count). The summed E-state index contributed by atoms with van der Waals surface area (Å²) in [5.74, 6) is 0. The number of ether oxygens (including phenoxy) is 2. The van der Waals surface area contributed by atoms with Gasteiger partial charge in [0.25, 0.3) is 0 Å². The highest BCUT2D eigenvalue weighted by Gasteiger charge is 2.44. The Labute approximate surface area is 154 Å². The Morgan fingerprint density at radius 3 is 2.79 bits per heavy atom. The number of aromatic nitrogens is 3. The van der Waals surface area contributed by atoms with E-state index in [4.69, 9.17) is 9.47 Å². The first-order chi connectivity index (χ1) is 11.6. The van der Waals surface area contributed by atoms with Crippen molar-refractivity contribution in [2.24, 2.45) is 0 Å². The fourth-order valence-corrected chi connectivity index (χ4v) is 3.03. The highest BCUT2D eigenvalue weighted by atomic mass is 127. The van der Waals surface area contributed by atoms with Gasteiger partial charge in [-0.15, -0.1) is 5.10 Å². The minimum atomic E-state index is -1.34. The number of methoxy groups -OCH3 is 1. The molecule has 24 heavy (non-hydrogen) atoms. The quantitative estimate of drug-likeness (QED) is 0.205. The summed E-state index contributed by atoms with van der Waals surface area (Å²) in [7, 11) is 1.37. The summed E-state index contributed by atoms with van der Waals surface area (Å²) in [4.78, 5) is 0. The number of halogens is 1. The number of hydrogen-bond donors (Lipinski definition) is 4. The van der Waals surface area contributed by atoms with E-state index in [1.54, 1.807) is 10.9 Å². The average molecular weight is 456 g/mol. The largest absolute Gasteiger partial charge is 0.388 e. The molecular weight excluding hydrogens is 431 g/mol. The maximum absolute atomic E-state index is 10.1. The molecule has 0 aliphatic carbocycles. The van der Waals surface area contributed by atoms with E-state index in [1.807, 2.05) is 0 Å². The Hall–Kier alpha value is -0.370. The SMILES string of the molecule is COC1OC(Cn2nncc2CCCNCCI)C(O)C(O)C1O. The summed E-state index contributed by atoms with van der Waals surface area (Å²) in [6.45, 7) is 2.12. The van der Waals surface area contributed by atoms with Gasteiger partial charge in [0.05, 0.1) is 18.4 Å². The number of nitrogens with zero attached hydrogens (tertiary/aromatic N) is 3. The first-order valence-electron chi connectivity index (χ1n) is 7.95. The van der Waals surface area contributed by atoms with Gasteiger partial charge in [0.1, 0.15) is 24.4 Å². The van der Waals surface area contributed by atoms with Crippen molar-refractivity contribution < 1.29 is 24.8 Å². The van der Waals surface area contributed by atoms with Crippen LogP contribution in [0.5, 0.6) is 0 Å². The van der Waals surface area contributed by atoms with E-state index in [9.17, 15) is 15.3 Å². The molecule has 4 N–H and O–H groups in total. The van der Waals surface area contributed by atoms with Gasteiger partial charge in [-0.05, 0) is 19.4 Å². The van der Waals surface area contributed by atoms with Crippen molar-refractivity contribution in [3.05, 3.63) is 11.9 Å². The summed E-state index contributed by atoms with van der Waals surface area (Å²) in [6.07, 6.45) is -2.16. The van der Waals surface area contributed by atoms with Crippen LogP contribution in [0.15, 0.2) is 6.20 Å². The number of nitrogens with one attached hydrogen (secondary N) is 1. The van der Waals surface area contributed by atoms with Crippen LogP contribution < -0.4 is 5.32 Å². The number of aliphatic hydroxyl groups is 3. The maximum Gasteiger partial charge on any atom is 0.186 e. The normalized spacial score (nSPS) is 30.6. The van der Waals surface area contributed by atoms with Crippen molar-refractivity contribution in [1.82, 2.24) is 20.3 Å². The predicted molar refractivity (Wildman–Crippen MR) is 93.8 cm³/mol. The smallest absolute Gasteiger partial charge is 0.186 e. The van der Waals surface area contributed by atoms with Gasteiger partial charge in [-0.1, -0.05) is 27.8 Å². The van der Waals surface area contributed by atoms with Gasteiger partial charge in [0, 0.05) is 18.1 Å². The van der Waals surface area contributed by atoms with Gasteiger partial charge in [-0.2, -0.15) is 0 Å². The maximum atomic E-state index is 10.1. The summed E-state index contributed by atoms with van der Waals surface area (Å²) in [5.41, 5.74) is 0.927. The zero-order valence-corrected chi connectivity index (χ0v) is 15.7. The minimum absolute atomic E-state index is 0.224. The van der Waals surface area contributed by atoms with Gasteiger partial charge >= 0.3 is 0 Å². The third-order valence-corrected chi connectivity index (χ3v) is 4.55. The van der Waals surface area contributed by atoms with Crippen LogP contribution >= 0.6 is 22.6 Å². The van der Waals surface area contributed by atoms with Gasteiger partial charge in [0.15, 0.2) is 6.29 Å². The molecule has 5 atom stereocenters. The van der Waals surface area contributed by atoms with Crippen molar-refractivity contribution >= 4 is 22.6 Å². The van der Waals surface area contributed by atoms with Crippen LogP contribution in [0.3, 0.4) is 0 Å². The molecule has 0 amide bonds. The van der Waals surface area contributed by atoms with Gasteiger partial charge in [-0.25, -0.2) is 4.68 Å². The Bertz CT molecular complexity index is 489. The van der Waals surface area contributed by atoms with E-state index >= 15 is 0 Å². The number of alkyl halides is 1. The third-order valence-electron chi connectivity index (χ3n) is 4.01. The zero-order chi connectivity index (χ0) is 17.5. The van der Waals surface area contributed by atoms with Crippen molar-refractivity contribution in [3.8, 4) is 0 Å². The zero-order valence-electron chi connectivity index (χ0n) is 13.6. The van der Waals surface area contributed by atoms with Gasteiger partial charge in [-0.3, -0.25) is 0 Å². The molecule has 1 aromatic heterocycles. The van der Waals surface area contributed by atoms with E-state index in [0.717, 1.165) is 36.1 Å². The summed E-state index contributed by atoms with van der Waals surface area (Å²) < 4.78 is 13.3. The van der Waals surface area contributed by atoms with Crippen LogP contribution in [-0.4, -0.2) is 85.6 Å². The first kappa shape index (κ1) is 19.9. The molecule has 2 heterocycles. The summed E-state index contributed by atoms with van der Waals surface area (Å²) in [5, 5.41) is 41.1. The Kier molecular flexibility index (Phi) is 8.27. The molecule has 138 valence electrons. The van der Waals surface area contributed by atoms with E-state index in [1.165, 1.54) is 7.11 Å². The molecule has 1 fully saturated rings. The molecule has 5 unspecified atom stereocenters. The van der Waals surface area contributed by atoms with Crippen LogP contribution in [-0.2, 0) is 22.4 Å².